The van der Waals surface area contributed by atoms with Crippen LogP contribution in [0, 0.1) is 5.82 Å². The average molecular weight is 416 g/mol. The fraction of sp³-hybridized carbons (Fsp3) is 0.100. The van der Waals surface area contributed by atoms with E-state index >= 15 is 0 Å². The number of nitrogens with zero attached hydrogens (tertiary/aromatic N) is 1. The Hall–Kier alpha value is -3.30. The van der Waals surface area contributed by atoms with Crippen LogP contribution in [0.1, 0.15) is 15.9 Å². The number of ether oxygens (including phenoxy) is 2. The zero-order valence-corrected chi connectivity index (χ0v) is 16.1. The summed E-state index contributed by atoms with van der Waals surface area (Å²) >= 11 is 0. The topological polar surface area (TPSA) is 94.6 Å². The lowest BCUT2D eigenvalue weighted by molar-refractivity contribution is 0.0600. The highest BCUT2D eigenvalue weighted by atomic mass is 32.2. The Kier molecular flexibility index (Phi) is 6.20. The first-order chi connectivity index (χ1) is 13.9. The summed E-state index contributed by atoms with van der Waals surface area (Å²) < 4.78 is 50.6. The zero-order valence-electron chi connectivity index (χ0n) is 15.3. The molecule has 150 valence electrons. The van der Waals surface area contributed by atoms with Gasteiger partial charge in [-0.1, -0.05) is 18.2 Å². The molecule has 0 fully saturated rings. The van der Waals surface area contributed by atoms with Gasteiger partial charge in [0.05, 0.1) is 17.6 Å². The fourth-order valence-corrected chi connectivity index (χ4v) is 3.46. The lowest BCUT2D eigenvalue weighted by atomic mass is 10.2. The van der Waals surface area contributed by atoms with E-state index in [0.717, 1.165) is 0 Å². The third kappa shape index (κ3) is 5.37. The van der Waals surface area contributed by atoms with Crippen molar-refractivity contribution in [3.8, 4) is 11.6 Å². The van der Waals surface area contributed by atoms with Crippen LogP contribution in [-0.4, -0.2) is 26.5 Å². The molecule has 0 bridgehead atoms. The van der Waals surface area contributed by atoms with Crippen LogP contribution in [-0.2, 0) is 21.3 Å². The Morgan fingerprint density at radius 1 is 1.10 bits per heavy atom. The normalized spacial score (nSPS) is 11.1. The second-order valence-electron chi connectivity index (χ2n) is 5.91. The summed E-state index contributed by atoms with van der Waals surface area (Å²) in [6, 6.07) is 14.4. The van der Waals surface area contributed by atoms with Crippen molar-refractivity contribution in [2.24, 2.45) is 0 Å². The summed E-state index contributed by atoms with van der Waals surface area (Å²) in [4.78, 5) is 15.6. The molecule has 0 saturated heterocycles. The minimum absolute atomic E-state index is 0.0158. The number of sulfonamides is 1. The van der Waals surface area contributed by atoms with Gasteiger partial charge in [0.15, 0.2) is 0 Å². The molecule has 1 aromatic heterocycles. The standard InChI is InChI=1S/C20H17FN2O5S/c1-27-20(24)15-4-2-7-18(10-15)29(25,26)23-13-14-8-9-19(22-12-14)28-17-6-3-5-16(21)11-17/h2-12,23H,13H2,1H3. The highest BCUT2D eigenvalue weighted by Crippen LogP contribution is 2.20. The number of esters is 1. The number of carbonyl (C=O) groups excluding carboxylic acids is 1. The monoisotopic (exact) mass is 416 g/mol. The number of rotatable bonds is 7. The molecular weight excluding hydrogens is 399 g/mol. The first kappa shape index (κ1) is 20.4. The summed E-state index contributed by atoms with van der Waals surface area (Å²) in [6.07, 6.45) is 1.45. The van der Waals surface area contributed by atoms with Crippen molar-refractivity contribution in [2.45, 2.75) is 11.4 Å². The zero-order chi connectivity index (χ0) is 20.9. The number of carbonyl (C=O) groups is 1. The largest absolute Gasteiger partial charge is 0.465 e. The predicted octanol–water partition coefficient (Wildman–Crippen LogP) is 3.28. The van der Waals surface area contributed by atoms with E-state index < -0.39 is 21.8 Å². The summed E-state index contributed by atoms with van der Waals surface area (Å²) in [5.41, 5.74) is 0.722. The molecule has 9 heteroatoms. The van der Waals surface area contributed by atoms with Crippen molar-refractivity contribution in [2.75, 3.05) is 7.11 Å². The van der Waals surface area contributed by atoms with Crippen molar-refractivity contribution < 1.29 is 27.1 Å². The Balaban J connectivity index is 1.65. The van der Waals surface area contributed by atoms with E-state index in [1.807, 2.05) is 0 Å². The molecule has 3 aromatic rings. The van der Waals surface area contributed by atoms with Crippen molar-refractivity contribution >= 4 is 16.0 Å². The van der Waals surface area contributed by atoms with Crippen LogP contribution in [0.15, 0.2) is 71.8 Å². The molecule has 1 heterocycles. The first-order valence-electron chi connectivity index (χ1n) is 8.44. The Morgan fingerprint density at radius 3 is 2.59 bits per heavy atom. The molecule has 2 aromatic carbocycles. The van der Waals surface area contributed by atoms with E-state index in [4.69, 9.17) is 4.74 Å². The lowest BCUT2D eigenvalue weighted by Crippen LogP contribution is -2.23. The molecule has 29 heavy (non-hydrogen) atoms. The summed E-state index contributed by atoms with van der Waals surface area (Å²) in [5.74, 6) is -0.505. The molecular formula is C20H17FN2O5S. The molecule has 0 aliphatic carbocycles. The Bertz CT molecular complexity index is 1120. The highest BCUT2D eigenvalue weighted by Gasteiger charge is 2.16. The number of nitrogens with one attached hydrogen (secondary N) is 1. The van der Waals surface area contributed by atoms with Gasteiger partial charge in [-0.25, -0.2) is 27.3 Å². The summed E-state index contributed by atoms with van der Waals surface area (Å²) in [5, 5.41) is 0. The predicted molar refractivity (Wildman–Crippen MR) is 103 cm³/mol. The molecule has 0 aliphatic rings. The van der Waals surface area contributed by atoms with Gasteiger partial charge in [-0.15, -0.1) is 0 Å². The highest BCUT2D eigenvalue weighted by molar-refractivity contribution is 7.89. The second kappa shape index (κ2) is 8.80. The van der Waals surface area contributed by atoms with Gasteiger partial charge in [-0.05, 0) is 35.9 Å². The third-order valence-electron chi connectivity index (χ3n) is 3.85. The maximum absolute atomic E-state index is 13.2. The number of halogens is 1. The molecule has 0 amide bonds. The van der Waals surface area contributed by atoms with Crippen LogP contribution in [0.25, 0.3) is 0 Å². The van der Waals surface area contributed by atoms with Gasteiger partial charge in [0.25, 0.3) is 0 Å². The van der Waals surface area contributed by atoms with Gasteiger partial charge in [0.2, 0.25) is 15.9 Å². The minimum Gasteiger partial charge on any atom is -0.465 e. The van der Waals surface area contributed by atoms with Gasteiger partial charge in [-0.2, -0.15) is 0 Å². The van der Waals surface area contributed by atoms with Crippen LogP contribution in [0.5, 0.6) is 11.6 Å². The molecule has 1 N–H and O–H groups in total. The van der Waals surface area contributed by atoms with E-state index in [2.05, 4.69) is 14.4 Å². The number of hydrogen-bond donors (Lipinski definition) is 1. The van der Waals surface area contributed by atoms with E-state index in [-0.39, 0.29) is 22.9 Å². The SMILES string of the molecule is COC(=O)c1cccc(S(=O)(=O)NCc2ccc(Oc3cccc(F)c3)nc2)c1. The van der Waals surface area contributed by atoms with E-state index in [1.54, 1.807) is 18.2 Å². The van der Waals surface area contributed by atoms with Crippen LogP contribution in [0.2, 0.25) is 0 Å². The van der Waals surface area contributed by atoms with Crippen LogP contribution >= 0.6 is 0 Å². The van der Waals surface area contributed by atoms with Gasteiger partial charge < -0.3 is 9.47 Å². The maximum Gasteiger partial charge on any atom is 0.337 e. The smallest absolute Gasteiger partial charge is 0.337 e. The van der Waals surface area contributed by atoms with E-state index in [0.29, 0.717) is 11.3 Å². The Morgan fingerprint density at radius 2 is 1.90 bits per heavy atom. The van der Waals surface area contributed by atoms with Gasteiger partial charge in [-0.3, -0.25) is 0 Å². The van der Waals surface area contributed by atoms with Crippen LogP contribution < -0.4 is 9.46 Å². The quantitative estimate of drug-likeness (QED) is 0.594. The van der Waals surface area contributed by atoms with Crippen molar-refractivity contribution in [3.63, 3.8) is 0 Å². The minimum atomic E-state index is -3.84. The molecule has 0 aliphatic heterocycles. The van der Waals surface area contributed by atoms with Crippen molar-refractivity contribution in [1.82, 2.24) is 9.71 Å². The molecule has 0 atom stereocenters. The van der Waals surface area contributed by atoms with E-state index in [1.165, 1.54) is 55.8 Å². The van der Waals surface area contributed by atoms with Gasteiger partial charge in [0, 0.05) is 24.9 Å². The number of aromatic nitrogens is 1. The number of benzene rings is 2. The molecule has 3 rings (SSSR count). The van der Waals surface area contributed by atoms with Crippen LogP contribution in [0.4, 0.5) is 4.39 Å². The summed E-state index contributed by atoms with van der Waals surface area (Å²) in [7, 11) is -2.63. The molecule has 0 saturated carbocycles. The van der Waals surface area contributed by atoms with Crippen LogP contribution in [0.3, 0.4) is 0 Å². The third-order valence-corrected chi connectivity index (χ3v) is 5.25. The number of pyridine rings is 1. The molecule has 0 spiro atoms. The second-order valence-corrected chi connectivity index (χ2v) is 7.68. The summed E-state index contributed by atoms with van der Waals surface area (Å²) in [6.45, 7) is -0.0158. The van der Waals surface area contributed by atoms with Gasteiger partial charge in [0.1, 0.15) is 11.6 Å². The number of methoxy groups -OCH3 is 1. The number of hydrogen-bond acceptors (Lipinski definition) is 6. The lowest BCUT2D eigenvalue weighted by Gasteiger charge is -2.09. The van der Waals surface area contributed by atoms with Crippen molar-refractivity contribution in [1.29, 1.82) is 0 Å². The fourth-order valence-electron chi connectivity index (χ4n) is 2.40. The maximum atomic E-state index is 13.2. The van der Waals surface area contributed by atoms with Crippen molar-refractivity contribution in [3.05, 3.63) is 83.8 Å². The molecule has 0 unspecified atom stereocenters. The molecule has 0 radical (unpaired) electrons. The van der Waals surface area contributed by atoms with Gasteiger partial charge >= 0.3 is 5.97 Å². The average Bonchev–Trinajstić information content (AvgIpc) is 2.73. The Labute approximate surface area is 167 Å². The van der Waals surface area contributed by atoms with E-state index in [9.17, 15) is 17.6 Å². The first-order valence-corrected chi connectivity index (χ1v) is 9.92. The molecule has 7 nitrogen and oxygen atoms in total.